The average Bonchev–Trinajstić information content (AvgIpc) is 2.90. The number of fused-ring (bicyclic) bond motifs is 2. The number of carbonyl (C=O) groups is 3. The minimum atomic E-state index is -4.85. The van der Waals surface area contributed by atoms with Gasteiger partial charge in [-0.3, -0.25) is 19.8 Å². The molecule has 2 fully saturated rings. The van der Waals surface area contributed by atoms with E-state index < -0.39 is 46.1 Å². The number of pyridine rings is 1. The molecule has 3 heterocycles. The van der Waals surface area contributed by atoms with Crippen LogP contribution in [0.15, 0.2) is 30.6 Å². The number of hydrogen-bond acceptors (Lipinski definition) is 8. The summed E-state index contributed by atoms with van der Waals surface area (Å²) in [6, 6.07) is 3.33. The SMILES string of the molecule is CC(C)(C)OC(=O)NNC(=O)[C@@H]1CC[C@@H]2CN1C(=O)N2OS(=O)(=O)O.c1ccncc1. The van der Waals surface area contributed by atoms with Gasteiger partial charge in [0, 0.05) is 18.9 Å². The monoisotopic (exact) mass is 459 g/mol. The van der Waals surface area contributed by atoms with Crippen molar-refractivity contribution in [3.63, 3.8) is 0 Å². The van der Waals surface area contributed by atoms with E-state index in [-0.39, 0.29) is 19.4 Å². The van der Waals surface area contributed by atoms with Crippen molar-refractivity contribution in [2.24, 2.45) is 0 Å². The lowest BCUT2D eigenvalue weighted by atomic mass is 10.0. The molecule has 2 atom stereocenters. The van der Waals surface area contributed by atoms with Crippen molar-refractivity contribution in [1.82, 2.24) is 25.8 Å². The van der Waals surface area contributed by atoms with E-state index in [0.29, 0.717) is 5.06 Å². The number of urea groups is 1. The fraction of sp³-hybridized carbons (Fsp3) is 0.529. The fourth-order valence-corrected chi connectivity index (χ4v) is 3.30. The van der Waals surface area contributed by atoms with E-state index in [1.54, 1.807) is 33.2 Å². The van der Waals surface area contributed by atoms with Crippen molar-refractivity contribution in [2.45, 2.75) is 51.3 Å². The van der Waals surface area contributed by atoms with Crippen LogP contribution in [0.3, 0.4) is 0 Å². The zero-order chi connectivity index (χ0) is 23.2. The van der Waals surface area contributed by atoms with Gasteiger partial charge in [-0.05, 0) is 45.7 Å². The summed E-state index contributed by atoms with van der Waals surface area (Å²) in [5, 5.41) is 0.532. The molecule has 13 nitrogen and oxygen atoms in total. The third-order valence-corrected chi connectivity index (χ3v) is 4.40. The smallest absolute Gasteiger partial charge is 0.426 e. The number of nitrogens with one attached hydrogen (secondary N) is 2. The number of nitrogens with zero attached hydrogens (tertiary/aromatic N) is 3. The molecule has 0 aliphatic carbocycles. The number of carbonyl (C=O) groups excluding carboxylic acids is 3. The van der Waals surface area contributed by atoms with Crippen molar-refractivity contribution in [1.29, 1.82) is 0 Å². The van der Waals surface area contributed by atoms with Crippen LogP contribution >= 0.6 is 0 Å². The van der Waals surface area contributed by atoms with E-state index in [1.165, 1.54) is 0 Å². The molecule has 2 bridgehead atoms. The first kappa shape index (κ1) is 24.3. The van der Waals surface area contributed by atoms with E-state index >= 15 is 0 Å². The van der Waals surface area contributed by atoms with E-state index in [0.717, 1.165) is 4.90 Å². The summed E-state index contributed by atoms with van der Waals surface area (Å²) in [5.41, 5.74) is 3.49. The Bertz CT molecular complexity index is 863. The molecule has 31 heavy (non-hydrogen) atoms. The highest BCUT2D eigenvalue weighted by Gasteiger charge is 2.49. The van der Waals surface area contributed by atoms with Crippen LogP contribution < -0.4 is 10.9 Å². The Kier molecular flexibility index (Phi) is 7.75. The first-order valence-electron chi connectivity index (χ1n) is 9.28. The van der Waals surface area contributed by atoms with Crippen molar-refractivity contribution >= 4 is 28.4 Å². The topological polar surface area (TPSA) is 167 Å². The quantitative estimate of drug-likeness (QED) is 0.433. The zero-order valence-corrected chi connectivity index (χ0v) is 18.0. The average molecular weight is 459 g/mol. The first-order chi connectivity index (χ1) is 14.4. The molecule has 0 aromatic carbocycles. The molecular weight excluding hydrogens is 434 g/mol. The molecule has 2 saturated heterocycles. The maximum absolute atomic E-state index is 12.2. The Labute approximate surface area is 179 Å². The molecule has 2 aliphatic heterocycles. The highest BCUT2D eigenvalue weighted by molar-refractivity contribution is 7.80. The number of aromatic nitrogens is 1. The van der Waals surface area contributed by atoms with Crippen LogP contribution in [-0.4, -0.2) is 70.2 Å². The molecule has 172 valence electrons. The zero-order valence-electron chi connectivity index (χ0n) is 17.2. The summed E-state index contributed by atoms with van der Waals surface area (Å²) in [5.74, 6) is -0.661. The number of ether oxygens (including phenoxy) is 1. The highest BCUT2D eigenvalue weighted by atomic mass is 32.3. The molecule has 2 aliphatic rings. The minimum Gasteiger partial charge on any atom is -0.443 e. The molecule has 1 aromatic rings. The van der Waals surface area contributed by atoms with E-state index in [9.17, 15) is 22.8 Å². The molecule has 0 unspecified atom stereocenters. The van der Waals surface area contributed by atoms with Gasteiger partial charge in [-0.25, -0.2) is 15.0 Å². The summed E-state index contributed by atoms with van der Waals surface area (Å²) >= 11 is 0. The van der Waals surface area contributed by atoms with Crippen LogP contribution in [-0.2, 0) is 24.2 Å². The number of hydrogen-bond donors (Lipinski definition) is 3. The van der Waals surface area contributed by atoms with E-state index in [2.05, 4.69) is 20.1 Å². The summed E-state index contributed by atoms with van der Waals surface area (Å²) in [7, 11) is -4.85. The standard InChI is InChI=1S/C12H20N4O8S.C5H5N/c1-12(2,3)23-10(18)14-13-9(17)8-5-4-7-6-15(8)11(19)16(7)24-25(20,21)22;1-2-4-6-5-3-1/h7-8H,4-6H2,1-3H3,(H,13,17)(H,14,18)(H,20,21,22);1-5H/t7-,8+;/m1./s1. The van der Waals surface area contributed by atoms with Gasteiger partial charge < -0.3 is 9.64 Å². The number of rotatable bonds is 3. The van der Waals surface area contributed by atoms with Gasteiger partial charge in [0.05, 0.1) is 6.04 Å². The second-order valence-electron chi connectivity index (χ2n) is 7.65. The molecule has 0 spiro atoms. The maximum Gasteiger partial charge on any atom is 0.426 e. The van der Waals surface area contributed by atoms with Crippen molar-refractivity contribution < 1.29 is 36.4 Å². The second kappa shape index (κ2) is 9.89. The van der Waals surface area contributed by atoms with Crippen LogP contribution in [0, 0.1) is 0 Å². The Hall–Kier alpha value is -2.97. The molecule has 0 saturated carbocycles. The lowest BCUT2D eigenvalue weighted by molar-refractivity contribution is -0.127. The first-order valence-corrected chi connectivity index (χ1v) is 10.6. The second-order valence-corrected chi connectivity index (χ2v) is 8.66. The summed E-state index contributed by atoms with van der Waals surface area (Å²) < 4.78 is 39.6. The highest BCUT2D eigenvalue weighted by Crippen LogP contribution is 2.30. The summed E-state index contributed by atoms with van der Waals surface area (Å²) in [6.07, 6.45) is 3.14. The molecule has 14 heteroatoms. The van der Waals surface area contributed by atoms with Crippen LogP contribution in [0.2, 0.25) is 0 Å². The fourth-order valence-electron chi connectivity index (χ4n) is 2.92. The van der Waals surface area contributed by atoms with Crippen LogP contribution in [0.1, 0.15) is 33.6 Å². The maximum atomic E-state index is 12.2. The van der Waals surface area contributed by atoms with E-state index in [4.69, 9.17) is 9.29 Å². The van der Waals surface area contributed by atoms with Gasteiger partial charge in [-0.1, -0.05) is 6.07 Å². The van der Waals surface area contributed by atoms with Crippen molar-refractivity contribution in [2.75, 3.05) is 6.54 Å². The molecule has 0 radical (unpaired) electrons. The summed E-state index contributed by atoms with van der Waals surface area (Å²) in [6.45, 7) is 5.02. The lowest BCUT2D eigenvalue weighted by Gasteiger charge is -2.29. The van der Waals surface area contributed by atoms with Gasteiger partial charge in [-0.2, -0.15) is 13.5 Å². The Morgan fingerprint density at radius 1 is 1.16 bits per heavy atom. The number of hydrazine groups is 1. The van der Waals surface area contributed by atoms with E-state index in [1.807, 2.05) is 18.2 Å². The van der Waals surface area contributed by atoms with Crippen LogP contribution in [0.4, 0.5) is 9.59 Å². The van der Waals surface area contributed by atoms with Crippen LogP contribution in [0.5, 0.6) is 0 Å². The van der Waals surface area contributed by atoms with Gasteiger partial charge in [0.15, 0.2) is 0 Å². The molecule has 1 aromatic heterocycles. The lowest BCUT2D eigenvalue weighted by Crippen LogP contribution is -2.54. The van der Waals surface area contributed by atoms with Gasteiger partial charge in [0.25, 0.3) is 5.91 Å². The Morgan fingerprint density at radius 2 is 1.81 bits per heavy atom. The third-order valence-electron chi connectivity index (χ3n) is 4.05. The van der Waals surface area contributed by atoms with Crippen LogP contribution in [0.25, 0.3) is 0 Å². The number of hydroxylamine groups is 2. The largest absolute Gasteiger partial charge is 0.443 e. The third kappa shape index (κ3) is 7.66. The number of amides is 4. The van der Waals surface area contributed by atoms with Crippen molar-refractivity contribution in [3.8, 4) is 0 Å². The minimum absolute atomic E-state index is 0.0544. The van der Waals surface area contributed by atoms with Gasteiger partial charge in [-0.15, -0.1) is 4.28 Å². The Morgan fingerprint density at radius 3 is 2.29 bits per heavy atom. The molecule has 3 rings (SSSR count). The molecule has 4 amide bonds. The summed E-state index contributed by atoms with van der Waals surface area (Å²) in [4.78, 5) is 40.8. The van der Waals surface area contributed by atoms with Crippen molar-refractivity contribution in [3.05, 3.63) is 30.6 Å². The molecule has 3 N–H and O–H groups in total. The number of piperidine rings is 1. The predicted molar refractivity (Wildman–Crippen MR) is 105 cm³/mol. The predicted octanol–water partition coefficient (Wildman–Crippen LogP) is 0.627. The van der Waals surface area contributed by atoms with Gasteiger partial charge in [0.2, 0.25) is 0 Å². The van der Waals surface area contributed by atoms with Gasteiger partial charge >= 0.3 is 22.5 Å². The normalized spacial score (nSPS) is 20.5. The molecular formula is C17H25N5O8S. The van der Waals surface area contributed by atoms with Gasteiger partial charge in [0.1, 0.15) is 11.6 Å². The Balaban J connectivity index is 0.000000488.